The quantitative estimate of drug-likeness (QED) is 0.370. The molecule has 7 heteroatoms. The van der Waals surface area contributed by atoms with Gasteiger partial charge in [-0.2, -0.15) is 0 Å². The first-order valence-corrected chi connectivity index (χ1v) is 13.6. The minimum atomic E-state index is -1.11. The molecule has 0 saturated heterocycles. The first-order valence-electron chi connectivity index (χ1n) is 12.8. The fraction of sp³-hybridized carbons (Fsp3) is 0.333. The average molecular weight is 563 g/mol. The van der Waals surface area contributed by atoms with Crippen LogP contribution in [0.2, 0.25) is 0 Å². The molecule has 2 atom stereocenters. The number of ether oxygens (including phenoxy) is 2. The molecule has 0 radical (unpaired) electrons. The van der Waals surface area contributed by atoms with E-state index >= 15 is 0 Å². The lowest BCUT2D eigenvalue weighted by Gasteiger charge is -2.33. The van der Waals surface area contributed by atoms with Crippen molar-refractivity contribution in [1.29, 1.82) is 0 Å². The third kappa shape index (κ3) is 5.15. The van der Waals surface area contributed by atoms with E-state index in [1.807, 2.05) is 65.6 Å². The highest BCUT2D eigenvalue weighted by Gasteiger charge is 2.55. The van der Waals surface area contributed by atoms with Gasteiger partial charge in [-0.05, 0) is 59.5 Å². The minimum absolute atomic E-state index is 0.00238. The van der Waals surface area contributed by atoms with Gasteiger partial charge in [-0.1, -0.05) is 59.3 Å². The van der Waals surface area contributed by atoms with Gasteiger partial charge in [0.15, 0.2) is 11.6 Å². The molecule has 1 spiro atoms. The molecule has 1 amide bonds. The maximum Gasteiger partial charge on any atom is 0.255 e. The van der Waals surface area contributed by atoms with Gasteiger partial charge in [0.05, 0.1) is 6.61 Å². The molecule has 0 aliphatic carbocycles. The van der Waals surface area contributed by atoms with E-state index in [1.54, 1.807) is 0 Å². The first-order chi connectivity index (χ1) is 18.0. The largest absolute Gasteiger partial charge is 0.494 e. The zero-order valence-electron chi connectivity index (χ0n) is 20.9. The number of aliphatic hydroxyl groups excluding tert-OH is 1. The van der Waals surface area contributed by atoms with Crippen LogP contribution in [0.1, 0.15) is 48.1 Å². The van der Waals surface area contributed by atoms with Gasteiger partial charge in [-0.3, -0.25) is 4.79 Å². The molecule has 0 bridgehead atoms. The Morgan fingerprint density at radius 3 is 2.51 bits per heavy atom. The molecule has 0 saturated carbocycles. The van der Waals surface area contributed by atoms with Crippen LogP contribution in [0.5, 0.6) is 5.75 Å². The molecule has 5 rings (SSSR count). The normalized spacial score (nSPS) is 20.8. The van der Waals surface area contributed by atoms with Crippen LogP contribution < -0.4 is 4.74 Å². The molecule has 2 aliphatic rings. The van der Waals surface area contributed by atoms with E-state index in [1.165, 1.54) is 0 Å². The van der Waals surface area contributed by atoms with Crippen molar-refractivity contribution in [1.82, 2.24) is 4.90 Å². The van der Waals surface area contributed by atoms with Gasteiger partial charge in [0.2, 0.25) is 5.90 Å². The van der Waals surface area contributed by atoms with Crippen LogP contribution in [0.4, 0.5) is 0 Å². The Balaban J connectivity index is 1.58. The number of aliphatic hydroxyl groups is 1. The Morgan fingerprint density at radius 2 is 1.81 bits per heavy atom. The number of benzene rings is 3. The van der Waals surface area contributed by atoms with Crippen molar-refractivity contribution in [2.75, 3.05) is 19.8 Å². The summed E-state index contributed by atoms with van der Waals surface area (Å²) in [6, 6.07) is 23.8. The maximum atomic E-state index is 14.3. The van der Waals surface area contributed by atoms with E-state index in [2.05, 4.69) is 35.0 Å². The highest BCUT2D eigenvalue weighted by atomic mass is 79.9. The molecule has 0 unspecified atom stereocenters. The topological polar surface area (TPSA) is 71.4 Å². The summed E-state index contributed by atoms with van der Waals surface area (Å²) in [6.07, 6.45) is 1.35. The van der Waals surface area contributed by atoms with Crippen LogP contribution in [0, 0.1) is 0 Å². The fourth-order valence-electron chi connectivity index (χ4n) is 5.08. The molecule has 6 nitrogen and oxygen atoms in total. The summed E-state index contributed by atoms with van der Waals surface area (Å²) in [5, 5.41) is 9.00. The summed E-state index contributed by atoms with van der Waals surface area (Å²) in [5.41, 5.74) is 2.87. The summed E-state index contributed by atoms with van der Waals surface area (Å²) in [6.45, 7) is 3.86. The van der Waals surface area contributed by atoms with Gasteiger partial charge in [0, 0.05) is 42.6 Å². The molecular weight excluding hydrogens is 532 g/mol. The number of hydrogen-bond donors (Lipinski definition) is 1. The van der Waals surface area contributed by atoms with Crippen LogP contribution in [0.15, 0.2) is 82.3 Å². The van der Waals surface area contributed by atoms with Crippen molar-refractivity contribution in [3.05, 3.63) is 99.5 Å². The summed E-state index contributed by atoms with van der Waals surface area (Å²) < 4.78 is 13.2. The molecule has 0 fully saturated rings. The fourth-order valence-corrected chi connectivity index (χ4v) is 5.35. The average Bonchev–Trinajstić information content (AvgIpc) is 3.25. The maximum absolute atomic E-state index is 14.3. The lowest BCUT2D eigenvalue weighted by atomic mass is 9.82. The third-order valence-electron chi connectivity index (χ3n) is 6.90. The van der Waals surface area contributed by atoms with Crippen LogP contribution in [-0.2, 0) is 22.5 Å². The molecule has 37 heavy (non-hydrogen) atoms. The third-order valence-corrected chi connectivity index (χ3v) is 7.43. The van der Waals surface area contributed by atoms with Crippen molar-refractivity contribution in [3.8, 4) is 5.75 Å². The second-order valence-corrected chi connectivity index (χ2v) is 10.4. The molecule has 0 aromatic heterocycles. The number of fused-ring (bicyclic) bond motifs is 1. The highest BCUT2D eigenvalue weighted by Crippen LogP contribution is 2.45. The molecule has 192 valence electrons. The number of nitrogens with zero attached hydrogens (tertiary/aromatic N) is 2. The molecular formula is C30H31BrN2O4. The number of carbonyl (C=O) groups excluding carboxylic acids is 1. The van der Waals surface area contributed by atoms with E-state index < -0.39 is 11.6 Å². The van der Waals surface area contributed by atoms with Gasteiger partial charge in [-0.15, -0.1) is 0 Å². The Labute approximate surface area is 226 Å². The predicted octanol–water partition coefficient (Wildman–Crippen LogP) is 5.46. The lowest BCUT2D eigenvalue weighted by Crippen LogP contribution is -2.50. The number of aliphatic imine (C=N–C) groups is 1. The van der Waals surface area contributed by atoms with Crippen molar-refractivity contribution < 1.29 is 19.4 Å². The summed E-state index contributed by atoms with van der Waals surface area (Å²) >= 11 is 3.52. The molecule has 3 aromatic rings. The molecule has 3 aromatic carbocycles. The number of hydrogen-bond acceptors (Lipinski definition) is 5. The van der Waals surface area contributed by atoms with E-state index in [0.29, 0.717) is 44.2 Å². The second kappa shape index (κ2) is 11.1. The second-order valence-electron chi connectivity index (χ2n) is 9.51. The zero-order chi connectivity index (χ0) is 25.8. The Kier molecular flexibility index (Phi) is 7.63. The van der Waals surface area contributed by atoms with Gasteiger partial charge in [0.25, 0.3) is 5.91 Å². The highest BCUT2D eigenvalue weighted by molar-refractivity contribution is 9.10. The van der Waals surface area contributed by atoms with Crippen LogP contribution in [-0.4, -0.2) is 47.1 Å². The van der Waals surface area contributed by atoms with Crippen LogP contribution in [0.25, 0.3) is 0 Å². The molecule has 1 N–H and O–H groups in total. The Hall–Kier alpha value is -3.16. The first kappa shape index (κ1) is 25.5. The Morgan fingerprint density at radius 1 is 1.08 bits per heavy atom. The van der Waals surface area contributed by atoms with Gasteiger partial charge in [0.1, 0.15) is 5.75 Å². The smallest absolute Gasteiger partial charge is 0.255 e. The van der Waals surface area contributed by atoms with E-state index in [4.69, 9.17) is 19.6 Å². The molecule has 2 aliphatic heterocycles. The summed E-state index contributed by atoms with van der Waals surface area (Å²) in [5.74, 6) is 1.17. The van der Waals surface area contributed by atoms with Crippen molar-refractivity contribution >= 4 is 27.7 Å². The lowest BCUT2D eigenvalue weighted by molar-refractivity contribution is -0.140. The van der Waals surface area contributed by atoms with Gasteiger partial charge >= 0.3 is 0 Å². The standard InChI is InChI=1S/C30H31BrN2O4/c1-2-16-33-20-24-7-4-3-6-23(24)19-30(29(33)35)27(21-8-12-25(31)13-9-21)37-28(32-30)22-10-14-26(15-11-22)36-18-5-17-34/h3-4,6-15,27,34H,2,5,16-20H2,1H3/t27-,30-/m0/s1. The minimum Gasteiger partial charge on any atom is -0.494 e. The summed E-state index contributed by atoms with van der Waals surface area (Å²) in [7, 11) is 0. The van der Waals surface area contributed by atoms with E-state index in [0.717, 1.165) is 33.1 Å². The van der Waals surface area contributed by atoms with Crippen molar-refractivity contribution in [3.63, 3.8) is 0 Å². The monoisotopic (exact) mass is 562 g/mol. The van der Waals surface area contributed by atoms with Gasteiger partial charge in [-0.25, -0.2) is 4.99 Å². The number of rotatable bonds is 8. The number of amides is 1. The van der Waals surface area contributed by atoms with Crippen molar-refractivity contribution in [2.24, 2.45) is 4.99 Å². The van der Waals surface area contributed by atoms with Crippen molar-refractivity contribution in [2.45, 2.75) is 44.4 Å². The van der Waals surface area contributed by atoms with Crippen LogP contribution >= 0.6 is 15.9 Å². The van der Waals surface area contributed by atoms with Gasteiger partial charge < -0.3 is 19.5 Å². The predicted molar refractivity (Wildman–Crippen MR) is 147 cm³/mol. The SMILES string of the molecule is CCCN1Cc2ccccc2C[C@@]2(N=C(c3ccc(OCCCO)cc3)O[C@H]2c2ccc(Br)cc2)C1=O. The van der Waals surface area contributed by atoms with Crippen LogP contribution in [0.3, 0.4) is 0 Å². The zero-order valence-corrected chi connectivity index (χ0v) is 22.5. The Bertz CT molecular complexity index is 1280. The number of halogens is 1. The summed E-state index contributed by atoms with van der Waals surface area (Å²) in [4.78, 5) is 21.4. The molecule has 2 heterocycles. The number of carbonyl (C=O) groups is 1. The van der Waals surface area contributed by atoms with E-state index in [9.17, 15) is 4.79 Å². The van der Waals surface area contributed by atoms with E-state index in [-0.39, 0.29) is 12.5 Å².